The summed E-state index contributed by atoms with van der Waals surface area (Å²) in [7, 11) is 1.74. The number of hydrogen-bond donors (Lipinski definition) is 1. The van der Waals surface area contributed by atoms with E-state index in [1.165, 1.54) is 11.1 Å². The van der Waals surface area contributed by atoms with Gasteiger partial charge in [0.15, 0.2) is 5.75 Å². The summed E-state index contributed by atoms with van der Waals surface area (Å²) < 4.78 is 20.0. The van der Waals surface area contributed by atoms with Gasteiger partial charge in [-0.05, 0) is 42.3 Å². The first-order valence-electron chi connectivity index (χ1n) is 6.63. The first kappa shape index (κ1) is 13.4. The van der Waals surface area contributed by atoms with Gasteiger partial charge in [0.2, 0.25) is 0 Å². The van der Waals surface area contributed by atoms with Crippen LogP contribution in [0.1, 0.15) is 29.2 Å². The van der Waals surface area contributed by atoms with E-state index in [-0.39, 0.29) is 11.7 Å². The Morgan fingerprint density at radius 3 is 2.80 bits per heavy atom. The maximum Gasteiger partial charge on any atom is 0.150 e. The van der Waals surface area contributed by atoms with E-state index in [1.54, 1.807) is 24.5 Å². The zero-order chi connectivity index (χ0) is 14.1. The molecular weight excluding hydrogens is 275 g/mol. The molecular formula is C15H17FN2OS. The average molecular weight is 292 g/mol. The van der Waals surface area contributed by atoms with Gasteiger partial charge >= 0.3 is 0 Å². The highest BCUT2D eigenvalue weighted by molar-refractivity contribution is 7.09. The normalized spacial score (nSPS) is 14.3. The number of halogens is 1. The highest BCUT2D eigenvalue weighted by atomic mass is 32.1. The van der Waals surface area contributed by atoms with Gasteiger partial charge in [0.05, 0.1) is 5.69 Å². The lowest BCUT2D eigenvalue weighted by atomic mass is 10.1. The van der Waals surface area contributed by atoms with Crippen LogP contribution in [0.2, 0.25) is 0 Å². The third-order valence-corrected chi connectivity index (χ3v) is 4.28. The van der Waals surface area contributed by atoms with E-state index in [1.807, 2.05) is 17.5 Å². The zero-order valence-electron chi connectivity index (χ0n) is 11.3. The molecule has 20 heavy (non-hydrogen) atoms. The lowest BCUT2D eigenvalue weighted by molar-refractivity contribution is 0.304. The van der Waals surface area contributed by atoms with Crippen molar-refractivity contribution in [3.63, 3.8) is 0 Å². The van der Waals surface area contributed by atoms with Gasteiger partial charge in [0, 0.05) is 17.5 Å². The van der Waals surface area contributed by atoms with Crippen LogP contribution in [0.5, 0.6) is 5.75 Å². The molecule has 0 saturated heterocycles. The minimum absolute atomic E-state index is 0.195. The van der Waals surface area contributed by atoms with E-state index in [9.17, 15) is 4.39 Å². The highest BCUT2D eigenvalue weighted by Crippen LogP contribution is 2.48. The van der Waals surface area contributed by atoms with E-state index in [4.69, 9.17) is 10.6 Å². The summed E-state index contributed by atoms with van der Waals surface area (Å²) in [4.78, 5) is 1.11. The van der Waals surface area contributed by atoms with Crippen LogP contribution in [-0.4, -0.2) is 7.05 Å². The van der Waals surface area contributed by atoms with Gasteiger partial charge in [-0.1, -0.05) is 6.07 Å². The van der Waals surface area contributed by atoms with Gasteiger partial charge < -0.3 is 9.75 Å². The minimum Gasteiger partial charge on any atom is -0.485 e. The summed E-state index contributed by atoms with van der Waals surface area (Å²) in [5, 5.41) is 3.48. The van der Waals surface area contributed by atoms with Gasteiger partial charge in [0.1, 0.15) is 12.4 Å². The zero-order valence-corrected chi connectivity index (χ0v) is 12.1. The van der Waals surface area contributed by atoms with Crippen LogP contribution in [0.3, 0.4) is 0 Å². The molecule has 2 aromatic rings. The summed E-state index contributed by atoms with van der Waals surface area (Å²) >= 11 is 1.63. The van der Waals surface area contributed by atoms with Crippen molar-refractivity contribution in [1.29, 1.82) is 0 Å². The van der Waals surface area contributed by atoms with Crippen molar-refractivity contribution in [2.24, 2.45) is 5.84 Å². The Morgan fingerprint density at radius 2 is 2.20 bits per heavy atom. The molecule has 1 saturated carbocycles. The summed E-state index contributed by atoms with van der Waals surface area (Å²) in [6, 6.07) is 7.13. The van der Waals surface area contributed by atoms with E-state index in [0.717, 1.165) is 23.4 Å². The Balaban J connectivity index is 1.94. The summed E-state index contributed by atoms with van der Waals surface area (Å²) in [6.07, 6.45) is 2.04. The molecule has 0 spiro atoms. The number of anilines is 1. The number of nitrogens with two attached hydrogens (primary N) is 1. The van der Waals surface area contributed by atoms with Crippen LogP contribution in [0.25, 0.3) is 0 Å². The topological polar surface area (TPSA) is 38.5 Å². The van der Waals surface area contributed by atoms with Crippen molar-refractivity contribution in [2.75, 3.05) is 12.1 Å². The average Bonchev–Trinajstić information content (AvgIpc) is 3.11. The quantitative estimate of drug-likeness (QED) is 0.675. The smallest absolute Gasteiger partial charge is 0.150 e. The largest absolute Gasteiger partial charge is 0.485 e. The Morgan fingerprint density at radius 1 is 1.40 bits per heavy atom. The van der Waals surface area contributed by atoms with E-state index >= 15 is 0 Å². The maximum atomic E-state index is 14.1. The van der Waals surface area contributed by atoms with Gasteiger partial charge in [-0.3, -0.25) is 0 Å². The van der Waals surface area contributed by atoms with Crippen LogP contribution in [0.15, 0.2) is 29.6 Å². The lowest BCUT2D eigenvalue weighted by Gasteiger charge is -2.20. The number of benzene rings is 1. The molecule has 0 bridgehead atoms. The van der Waals surface area contributed by atoms with Crippen molar-refractivity contribution in [3.05, 3.63) is 45.9 Å². The number of rotatable bonds is 5. The molecule has 106 valence electrons. The Hall–Kier alpha value is -1.59. The molecule has 1 fully saturated rings. The number of ether oxygens (including phenoxy) is 1. The first-order valence-corrected chi connectivity index (χ1v) is 7.51. The number of thiophene rings is 1. The second-order valence-corrected chi connectivity index (χ2v) is 6.09. The third kappa shape index (κ3) is 2.64. The molecule has 2 N–H and O–H groups in total. The fourth-order valence-corrected chi connectivity index (χ4v) is 2.90. The molecule has 3 rings (SSSR count). The summed E-state index contributed by atoms with van der Waals surface area (Å²) in [5.74, 6) is 6.50. The molecule has 0 unspecified atom stereocenters. The third-order valence-electron chi connectivity index (χ3n) is 3.43. The molecule has 1 aromatic heterocycles. The maximum absolute atomic E-state index is 14.1. The van der Waals surface area contributed by atoms with E-state index in [0.29, 0.717) is 17.9 Å². The SMILES string of the molecule is CN(N)c1ccc(F)c(C2CC2)c1OCc1cccs1. The van der Waals surface area contributed by atoms with Crippen LogP contribution in [0, 0.1) is 5.82 Å². The summed E-state index contributed by atoms with van der Waals surface area (Å²) in [5.41, 5.74) is 1.40. The molecule has 1 heterocycles. The van der Waals surface area contributed by atoms with Crippen LogP contribution < -0.4 is 15.6 Å². The van der Waals surface area contributed by atoms with E-state index in [2.05, 4.69) is 0 Å². The predicted molar refractivity (Wildman–Crippen MR) is 79.6 cm³/mol. The Kier molecular flexibility index (Phi) is 3.63. The van der Waals surface area contributed by atoms with E-state index < -0.39 is 0 Å². The van der Waals surface area contributed by atoms with Crippen LogP contribution in [0.4, 0.5) is 10.1 Å². The fourth-order valence-electron chi connectivity index (χ4n) is 2.28. The molecule has 1 aliphatic carbocycles. The van der Waals surface area contributed by atoms with Gasteiger partial charge in [-0.15, -0.1) is 11.3 Å². The van der Waals surface area contributed by atoms with Crippen molar-refractivity contribution in [2.45, 2.75) is 25.4 Å². The Bertz CT molecular complexity index is 594. The first-order chi connectivity index (χ1) is 9.66. The van der Waals surface area contributed by atoms with Crippen molar-refractivity contribution in [1.82, 2.24) is 0 Å². The molecule has 0 amide bonds. The number of hydrazine groups is 1. The Labute approximate surface area is 121 Å². The predicted octanol–water partition coefficient (Wildman–Crippen LogP) is 3.65. The van der Waals surface area contributed by atoms with Crippen LogP contribution >= 0.6 is 11.3 Å². The lowest BCUT2D eigenvalue weighted by Crippen LogP contribution is -2.26. The molecule has 0 radical (unpaired) electrons. The molecule has 1 aliphatic rings. The van der Waals surface area contributed by atoms with Gasteiger partial charge in [-0.2, -0.15) is 0 Å². The molecule has 0 aliphatic heterocycles. The standard InChI is InChI=1S/C15H17FN2OS/c1-18(17)13-7-6-12(16)14(10-4-5-10)15(13)19-9-11-3-2-8-20-11/h2-3,6-8,10H,4-5,9,17H2,1H3. The monoisotopic (exact) mass is 292 g/mol. The van der Waals surface area contributed by atoms with Gasteiger partial charge in [-0.25, -0.2) is 10.2 Å². The number of nitrogens with zero attached hydrogens (tertiary/aromatic N) is 1. The minimum atomic E-state index is -0.195. The molecule has 1 aromatic carbocycles. The highest BCUT2D eigenvalue weighted by Gasteiger charge is 2.32. The number of hydrogen-bond acceptors (Lipinski definition) is 4. The van der Waals surface area contributed by atoms with Crippen molar-refractivity contribution in [3.8, 4) is 5.75 Å². The van der Waals surface area contributed by atoms with Crippen molar-refractivity contribution >= 4 is 17.0 Å². The second kappa shape index (κ2) is 5.42. The van der Waals surface area contributed by atoms with Gasteiger partial charge in [0.25, 0.3) is 0 Å². The summed E-state index contributed by atoms with van der Waals surface area (Å²) in [6.45, 7) is 0.446. The second-order valence-electron chi connectivity index (χ2n) is 5.06. The molecule has 5 heteroatoms. The molecule has 3 nitrogen and oxygen atoms in total. The fraction of sp³-hybridized carbons (Fsp3) is 0.333. The molecule has 0 atom stereocenters. The van der Waals surface area contributed by atoms with Crippen molar-refractivity contribution < 1.29 is 9.13 Å². The van der Waals surface area contributed by atoms with Crippen LogP contribution in [-0.2, 0) is 6.61 Å².